The van der Waals surface area contributed by atoms with Gasteiger partial charge in [0.2, 0.25) is 0 Å². The maximum Gasteiger partial charge on any atom is 0.128 e. The van der Waals surface area contributed by atoms with E-state index in [2.05, 4.69) is 43.1 Å². The summed E-state index contributed by atoms with van der Waals surface area (Å²) in [4.78, 5) is 7.16. The average molecular weight is 247 g/mol. The van der Waals surface area contributed by atoms with E-state index in [1.54, 1.807) is 0 Å². The summed E-state index contributed by atoms with van der Waals surface area (Å²) in [5.74, 6) is 1.95. The fourth-order valence-electron chi connectivity index (χ4n) is 2.48. The first-order chi connectivity index (χ1) is 8.70. The zero-order valence-electron chi connectivity index (χ0n) is 11.9. The number of nitrogens with one attached hydrogen (secondary N) is 1. The van der Waals surface area contributed by atoms with Crippen LogP contribution >= 0.6 is 0 Å². The van der Waals surface area contributed by atoms with Crippen LogP contribution in [0.25, 0.3) is 0 Å². The van der Waals surface area contributed by atoms with Gasteiger partial charge in [-0.2, -0.15) is 0 Å². The van der Waals surface area contributed by atoms with E-state index in [0.29, 0.717) is 0 Å². The SMILES string of the molecule is CCCNCc1ccc(N2CCC(C)C2)nc1C. The van der Waals surface area contributed by atoms with E-state index in [0.717, 1.165) is 43.6 Å². The second-order valence-electron chi connectivity index (χ2n) is 5.43. The number of nitrogens with zero attached hydrogens (tertiary/aromatic N) is 2. The Bertz CT molecular complexity index is 389. The molecule has 1 N–H and O–H groups in total. The third kappa shape index (κ3) is 3.22. The highest BCUT2D eigenvalue weighted by Gasteiger charge is 2.19. The van der Waals surface area contributed by atoms with Crippen molar-refractivity contribution < 1.29 is 0 Å². The highest BCUT2D eigenvalue weighted by atomic mass is 15.2. The molecule has 1 atom stereocenters. The molecule has 0 saturated carbocycles. The average Bonchev–Trinajstić information content (AvgIpc) is 2.78. The zero-order chi connectivity index (χ0) is 13.0. The van der Waals surface area contributed by atoms with Crippen LogP contribution in [0, 0.1) is 12.8 Å². The summed E-state index contributed by atoms with van der Waals surface area (Å²) in [6.45, 7) is 10.9. The third-order valence-corrected chi connectivity index (χ3v) is 3.67. The van der Waals surface area contributed by atoms with Gasteiger partial charge in [-0.15, -0.1) is 0 Å². The number of aryl methyl sites for hydroxylation is 1. The number of aromatic nitrogens is 1. The minimum atomic E-state index is 0.804. The number of rotatable bonds is 5. The van der Waals surface area contributed by atoms with Gasteiger partial charge in [0.25, 0.3) is 0 Å². The molecule has 100 valence electrons. The van der Waals surface area contributed by atoms with Gasteiger partial charge < -0.3 is 10.2 Å². The fourth-order valence-corrected chi connectivity index (χ4v) is 2.48. The molecular weight excluding hydrogens is 222 g/mol. The van der Waals surface area contributed by atoms with E-state index >= 15 is 0 Å². The van der Waals surface area contributed by atoms with Crippen molar-refractivity contribution in [2.45, 2.75) is 40.2 Å². The lowest BCUT2D eigenvalue weighted by Gasteiger charge is -2.18. The molecular formula is C15H25N3. The second-order valence-corrected chi connectivity index (χ2v) is 5.43. The summed E-state index contributed by atoms with van der Waals surface area (Å²) < 4.78 is 0. The van der Waals surface area contributed by atoms with Crippen LogP contribution in [0.15, 0.2) is 12.1 Å². The molecule has 0 aromatic carbocycles. The Morgan fingerprint density at radius 3 is 2.89 bits per heavy atom. The molecule has 0 spiro atoms. The zero-order valence-corrected chi connectivity index (χ0v) is 11.9. The minimum absolute atomic E-state index is 0.804. The molecule has 2 heterocycles. The van der Waals surface area contributed by atoms with Gasteiger partial charge in [0.15, 0.2) is 0 Å². The van der Waals surface area contributed by atoms with Crippen molar-refractivity contribution in [2.75, 3.05) is 24.5 Å². The molecule has 1 aliphatic rings. The predicted molar refractivity (Wildman–Crippen MR) is 77.0 cm³/mol. The van der Waals surface area contributed by atoms with Crippen LogP contribution in [0.1, 0.15) is 37.9 Å². The Hall–Kier alpha value is -1.09. The molecule has 0 amide bonds. The quantitative estimate of drug-likeness (QED) is 0.811. The lowest BCUT2D eigenvalue weighted by molar-refractivity contribution is 0.658. The van der Waals surface area contributed by atoms with Crippen molar-refractivity contribution in [2.24, 2.45) is 5.92 Å². The highest BCUT2D eigenvalue weighted by Crippen LogP contribution is 2.22. The summed E-state index contributed by atoms with van der Waals surface area (Å²) in [5.41, 5.74) is 2.48. The molecule has 3 heteroatoms. The van der Waals surface area contributed by atoms with Crippen molar-refractivity contribution in [1.82, 2.24) is 10.3 Å². The van der Waals surface area contributed by atoms with Crippen molar-refractivity contribution in [3.8, 4) is 0 Å². The Morgan fingerprint density at radius 2 is 2.28 bits per heavy atom. The monoisotopic (exact) mass is 247 g/mol. The van der Waals surface area contributed by atoms with Gasteiger partial charge in [-0.3, -0.25) is 0 Å². The molecule has 0 radical (unpaired) electrons. The van der Waals surface area contributed by atoms with Gasteiger partial charge in [-0.05, 0) is 43.9 Å². The summed E-state index contributed by atoms with van der Waals surface area (Å²) in [5, 5.41) is 3.43. The summed E-state index contributed by atoms with van der Waals surface area (Å²) in [7, 11) is 0. The number of hydrogen-bond donors (Lipinski definition) is 1. The van der Waals surface area contributed by atoms with Crippen molar-refractivity contribution in [3.63, 3.8) is 0 Å². The van der Waals surface area contributed by atoms with Gasteiger partial charge in [-0.1, -0.05) is 19.9 Å². The molecule has 1 aromatic heterocycles. The Morgan fingerprint density at radius 1 is 1.44 bits per heavy atom. The van der Waals surface area contributed by atoms with E-state index in [-0.39, 0.29) is 0 Å². The number of hydrogen-bond acceptors (Lipinski definition) is 3. The molecule has 1 aliphatic heterocycles. The largest absolute Gasteiger partial charge is 0.356 e. The molecule has 1 saturated heterocycles. The Labute approximate surface area is 111 Å². The van der Waals surface area contributed by atoms with E-state index in [1.807, 2.05) is 0 Å². The van der Waals surface area contributed by atoms with Crippen LogP contribution in [0.2, 0.25) is 0 Å². The maximum atomic E-state index is 4.75. The van der Waals surface area contributed by atoms with E-state index in [1.165, 1.54) is 18.4 Å². The van der Waals surface area contributed by atoms with Crippen LogP contribution in [-0.4, -0.2) is 24.6 Å². The molecule has 0 bridgehead atoms. The van der Waals surface area contributed by atoms with Gasteiger partial charge in [0.1, 0.15) is 5.82 Å². The maximum absolute atomic E-state index is 4.75. The lowest BCUT2D eigenvalue weighted by Crippen LogP contribution is -2.21. The lowest BCUT2D eigenvalue weighted by atomic mass is 10.2. The van der Waals surface area contributed by atoms with E-state index in [4.69, 9.17) is 4.98 Å². The Balaban J connectivity index is 2.00. The topological polar surface area (TPSA) is 28.2 Å². The van der Waals surface area contributed by atoms with Crippen LogP contribution in [0.5, 0.6) is 0 Å². The smallest absolute Gasteiger partial charge is 0.128 e. The predicted octanol–water partition coefficient (Wildman–Crippen LogP) is 2.74. The van der Waals surface area contributed by atoms with E-state index < -0.39 is 0 Å². The molecule has 18 heavy (non-hydrogen) atoms. The fraction of sp³-hybridized carbons (Fsp3) is 0.667. The summed E-state index contributed by atoms with van der Waals surface area (Å²) in [6.07, 6.45) is 2.47. The molecule has 1 aromatic rings. The van der Waals surface area contributed by atoms with Gasteiger partial charge in [0.05, 0.1) is 0 Å². The van der Waals surface area contributed by atoms with Crippen LogP contribution in [0.3, 0.4) is 0 Å². The number of anilines is 1. The first-order valence-corrected chi connectivity index (χ1v) is 7.13. The number of pyridine rings is 1. The Kier molecular flexibility index (Phi) is 4.59. The molecule has 2 rings (SSSR count). The summed E-state index contributed by atoms with van der Waals surface area (Å²) in [6, 6.07) is 4.40. The first-order valence-electron chi connectivity index (χ1n) is 7.13. The van der Waals surface area contributed by atoms with Gasteiger partial charge in [0, 0.05) is 25.3 Å². The van der Waals surface area contributed by atoms with Crippen molar-refractivity contribution in [3.05, 3.63) is 23.4 Å². The van der Waals surface area contributed by atoms with Gasteiger partial charge in [-0.25, -0.2) is 4.98 Å². The molecule has 3 nitrogen and oxygen atoms in total. The molecule has 1 unspecified atom stereocenters. The normalized spacial score (nSPS) is 19.5. The van der Waals surface area contributed by atoms with Crippen molar-refractivity contribution in [1.29, 1.82) is 0 Å². The van der Waals surface area contributed by atoms with E-state index in [9.17, 15) is 0 Å². The molecule has 0 aliphatic carbocycles. The van der Waals surface area contributed by atoms with Crippen LogP contribution < -0.4 is 10.2 Å². The highest BCUT2D eigenvalue weighted by molar-refractivity contribution is 5.42. The molecule has 1 fully saturated rings. The second kappa shape index (κ2) is 6.19. The van der Waals surface area contributed by atoms with Crippen LogP contribution in [-0.2, 0) is 6.54 Å². The minimum Gasteiger partial charge on any atom is -0.356 e. The third-order valence-electron chi connectivity index (χ3n) is 3.67. The van der Waals surface area contributed by atoms with Crippen molar-refractivity contribution >= 4 is 5.82 Å². The standard InChI is InChI=1S/C15H25N3/c1-4-8-16-10-14-5-6-15(17-13(14)3)18-9-7-12(2)11-18/h5-6,12,16H,4,7-11H2,1-3H3. The van der Waals surface area contributed by atoms with Gasteiger partial charge >= 0.3 is 0 Å². The van der Waals surface area contributed by atoms with Crippen LogP contribution in [0.4, 0.5) is 5.82 Å². The summed E-state index contributed by atoms with van der Waals surface area (Å²) >= 11 is 0. The first kappa shape index (κ1) is 13.3.